The fraction of sp³-hybridized carbons (Fsp3) is 0.222. The topological polar surface area (TPSA) is 34.1 Å². The van der Waals surface area contributed by atoms with Crippen molar-refractivity contribution in [2.75, 3.05) is 0 Å². The number of ketones is 2. The summed E-state index contributed by atoms with van der Waals surface area (Å²) in [6.45, 7) is 0. The molecule has 2 aromatic rings. The van der Waals surface area contributed by atoms with Crippen LogP contribution in [0.3, 0.4) is 0 Å². The van der Waals surface area contributed by atoms with Crippen LogP contribution in [-0.4, -0.2) is 16.4 Å². The Morgan fingerprint density at radius 1 is 0.955 bits per heavy atom. The van der Waals surface area contributed by atoms with Gasteiger partial charge in [0.05, 0.1) is 11.0 Å². The van der Waals surface area contributed by atoms with Gasteiger partial charge < -0.3 is 0 Å². The largest absolute Gasteiger partial charge is 0.294 e. The highest BCUT2D eigenvalue weighted by Gasteiger charge is 2.71. The Labute approximate surface area is 136 Å². The number of carbonyl (C=O) groups excluding carboxylic acids is 2. The van der Waals surface area contributed by atoms with Crippen LogP contribution in [0, 0.1) is 5.92 Å². The lowest BCUT2D eigenvalue weighted by Gasteiger charge is -2.55. The predicted molar refractivity (Wildman–Crippen MR) is 85.5 cm³/mol. The van der Waals surface area contributed by atoms with Crippen molar-refractivity contribution >= 4 is 45.5 Å². The van der Waals surface area contributed by atoms with Crippen LogP contribution >= 0.6 is 23.2 Å². The molecule has 2 aromatic carbocycles. The number of allylic oxidation sites excluding steroid dienone is 2. The van der Waals surface area contributed by atoms with E-state index >= 15 is 0 Å². The Kier molecular flexibility index (Phi) is 2.23. The van der Waals surface area contributed by atoms with Gasteiger partial charge in [-0.05, 0) is 21.9 Å². The van der Waals surface area contributed by atoms with E-state index in [1.54, 1.807) is 0 Å². The highest BCUT2D eigenvalue weighted by atomic mass is 35.5. The molecule has 1 saturated carbocycles. The summed E-state index contributed by atoms with van der Waals surface area (Å²) in [5.41, 5.74) is 2.20. The van der Waals surface area contributed by atoms with Crippen LogP contribution in [0.2, 0.25) is 0 Å². The number of hydrogen-bond acceptors (Lipinski definition) is 2. The molecule has 2 unspecified atom stereocenters. The summed E-state index contributed by atoms with van der Waals surface area (Å²) >= 11 is 12.7. The van der Waals surface area contributed by atoms with E-state index in [1.165, 1.54) is 6.08 Å². The van der Waals surface area contributed by atoms with Gasteiger partial charge in [0.15, 0.2) is 11.6 Å². The van der Waals surface area contributed by atoms with Crippen molar-refractivity contribution in [2.45, 2.75) is 16.7 Å². The number of fused-ring (bicyclic) bond motifs is 6. The van der Waals surface area contributed by atoms with Gasteiger partial charge in [-0.2, -0.15) is 0 Å². The molecule has 4 atom stereocenters. The highest BCUT2D eigenvalue weighted by Crippen LogP contribution is 2.70. The second-order valence-electron chi connectivity index (χ2n) is 6.27. The van der Waals surface area contributed by atoms with Crippen LogP contribution in [0.4, 0.5) is 0 Å². The molecular weight excluding hydrogens is 319 g/mol. The number of Topliss-reactive ketones (excluding diaryl/α,β-unsaturated/α-hetero) is 1. The first kappa shape index (κ1) is 12.9. The standard InChI is InChI=1S/C18H10Cl2O2/c19-11-7-12(21)16-14-9-5-1-3-8-4-2-6-10(13(8)9)15(14)18(16,20)17(11)22/h1-7,14-16H/t14-,15+,16?,18?/m0/s1. The lowest BCUT2D eigenvalue weighted by molar-refractivity contribution is -0.135. The molecule has 1 fully saturated rings. The van der Waals surface area contributed by atoms with Gasteiger partial charge in [0, 0.05) is 17.9 Å². The van der Waals surface area contributed by atoms with Crippen molar-refractivity contribution in [1.82, 2.24) is 0 Å². The maximum atomic E-state index is 12.6. The van der Waals surface area contributed by atoms with E-state index in [4.69, 9.17) is 23.2 Å². The van der Waals surface area contributed by atoms with Crippen molar-refractivity contribution in [3.05, 3.63) is 58.6 Å². The highest BCUT2D eigenvalue weighted by molar-refractivity contribution is 6.54. The molecule has 2 nitrogen and oxygen atoms in total. The summed E-state index contributed by atoms with van der Waals surface area (Å²) in [5.74, 6) is -1.14. The van der Waals surface area contributed by atoms with Crippen molar-refractivity contribution in [3.63, 3.8) is 0 Å². The Morgan fingerprint density at radius 3 is 2.36 bits per heavy atom. The van der Waals surface area contributed by atoms with E-state index in [1.807, 2.05) is 36.4 Å². The summed E-state index contributed by atoms with van der Waals surface area (Å²) in [4.78, 5) is 23.8. The lowest BCUT2D eigenvalue weighted by Crippen LogP contribution is -2.63. The SMILES string of the molecule is O=C1C=C(Cl)C(=O)C2(Cl)C1[C@H]1c3cccc4cccc(c34)[C@H]12. The van der Waals surface area contributed by atoms with E-state index in [2.05, 4.69) is 0 Å². The molecule has 0 radical (unpaired) electrons. The Balaban J connectivity index is 1.83. The quantitative estimate of drug-likeness (QED) is 0.687. The maximum Gasteiger partial charge on any atom is 0.196 e. The molecule has 0 saturated heterocycles. The number of halogens is 2. The van der Waals surface area contributed by atoms with E-state index in [9.17, 15) is 9.59 Å². The van der Waals surface area contributed by atoms with E-state index in [0.29, 0.717) is 0 Å². The monoisotopic (exact) mass is 328 g/mol. The Hall–Kier alpha value is -1.64. The van der Waals surface area contributed by atoms with Crippen molar-refractivity contribution in [1.29, 1.82) is 0 Å². The number of carbonyl (C=O) groups is 2. The van der Waals surface area contributed by atoms with Gasteiger partial charge >= 0.3 is 0 Å². The Morgan fingerprint density at radius 2 is 1.64 bits per heavy atom. The van der Waals surface area contributed by atoms with Gasteiger partial charge in [-0.25, -0.2) is 0 Å². The summed E-state index contributed by atoms with van der Waals surface area (Å²) in [6.07, 6.45) is 1.24. The van der Waals surface area contributed by atoms with Gasteiger partial charge in [0.1, 0.15) is 4.87 Å². The minimum Gasteiger partial charge on any atom is -0.294 e. The zero-order valence-corrected chi connectivity index (χ0v) is 12.9. The average molecular weight is 329 g/mol. The number of alkyl halides is 1. The number of benzene rings is 2. The first-order valence-corrected chi connectivity index (χ1v) is 7.97. The fourth-order valence-electron chi connectivity index (χ4n) is 4.64. The molecule has 0 aromatic heterocycles. The van der Waals surface area contributed by atoms with Crippen LogP contribution in [0.5, 0.6) is 0 Å². The smallest absolute Gasteiger partial charge is 0.196 e. The molecular formula is C18H10Cl2O2. The lowest BCUT2D eigenvalue weighted by atomic mass is 9.51. The van der Waals surface area contributed by atoms with Gasteiger partial charge in [-0.15, -0.1) is 11.6 Å². The number of hydrogen-bond donors (Lipinski definition) is 0. The predicted octanol–water partition coefficient (Wildman–Crippen LogP) is 3.90. The third kappa shape index (κ3) is 1.18. The summed E-state index contributed by atoms with van der Waals surface area (Å²) in [6, 6.07) is 12.1. The van der Waals surface area contributed by atoms with Gasteiger partial charge in [0.2, 0.25) is 0 Å². The van der Waals surface area contributed by atoms with Gasteiger partial charge in [0.25, 0.3) is 0 Å². The fourth-order valence-corrected chi connectivity index (χ4v) is 5.55. The van der Waals surface area contributed by atoms with Crippen LogP contribution in [0.15, 0.2) is 47.5 Å². The second kappa shape index (κ2) is 3.81. The van der Waals surface area contributed by atoms with Crippen molar-refractivity contribution in [2.24, 2.45) is 5.92 Å². The summed E-state index contributed by atoms with van der Waals surface area (Å²) in [5, 5.41) is 2.23. The third-order valence-corrected chi connectivity index (χ3v) is 6.35. The molecule has 22 heavy (non-hydrogen) atoms. The zero-order chi connectivity index (χ0) is 15.2. The van der Waals surface area contributed by atoms with E-state index in [0.717, 1.165) is 21.9 Å². The molecule has 3 aliphatic rings. The van der Waals surface area contributed by atoms with Crippen LogP contribution in [0.1, 0.15) is 23.0 Å². The minimum absolute atomic E-state index is 0.0175. The molecule has 0 amide bonds. The number of rotatable bonds is 0. The van der Waals surface area contributed by atoms with Crippen LogP contribution < -0.4 is 0 Å². The molecule has 4 heteroatoms. The van der Waals surface area contributed by atoms with Crippen molar-refractivity contribution < 1.29 is 9.59 Å². The minimum atomic E-state index is -1.22. The first-order chi connectivity index (χ1) is 10.5. The van der Waals surface area contributed by atoms with E-state index < -0.39 is 10.8 Å². The first-order valence-electron chi connectivity index (χ1n) is 7.21. The molecule has 0 heterocycles. The molecule has 0 aliphatic heterocycles. The molecule has 108 valence electrons. The van der Waals surface area contributed by atoms with E-state index in [-0.39, 0.29) is 28.4 Å². The molecule has 3 aliphatic carbocycles. The summed E-state index contributed by atoms with van der Waals surface area (Å²) in [7, 11) is 0. The zero-order valence-electron chi connectivity index (χ0n) is 11.3. The van der Waals surface area contributed by atoms with Crippen LogP contribution in [0.25, 0.3) is 10.8 Å². The molecule has 0 spiro atoms. The normalized spacial score (nSPS) is 35.0. The summed E-state index contributed by atoms with van der Waals surface area (Å²) < 4.78 is 0. The Bertz CT molecular complexity index is 925. The van der Waals surface area contributed by atoms with Crippen LogP contribution in [-0.2, 0) is 9.59 Å². The second-order valence-corrected chi connectivity index (χ2v) is 7.30. The van der Waals surface area contributed by atoms with Gasteiger partial charge in [-0.3, -0.25) is 9.59 Å². The molecule has 5 rings (SSSR count). The third-order valence-electron chi connectivity index (χ3n) is 5.43. The average Bonchev–Trinajstić information content (AvgIpc) is 2.78. The molecule has 0 bridgehead atoms. The molecule has 0 N–H and O–H groups in total. The maximum absolute atomic E-state index is 12.6. The van der Waals surface area contributed by atoms with Gasteiger partial charge in [-0.1, -0.05) is 48.0 Å². The van der Waals surface area contributed by atoms with Crippen molar-refractivity contribution in [3.8, 4) is 0 Å².